The van der Waals surface area contributed by atoms with Crippen molar-refractivity contribution in [3.8, 4) is 0 Å². The summed E-state index contributed by atoms with van der Waals surface area (Å²) in [4.78, 5) is 36.6. The monoisotopic (exact) mass is 389 g/mol. The highest BCUT2D eigenvalue weighted by molar-refractivity contribution is 6.33. The van der Waals surface area contributed by atoms with Crippen LogP contribution in [0.3, 0.4) is 0 Å². The van der Waals surface area contributed by atoms with Gasteiger partial charge in [-0.3, -0.25) is 9.59 Å². The molecule has 0 saturated heterocycles. The Kier molecular flexibility index (Phi) is 7.12. The first kappa shape index (κ1) is 20.6. The summed E-state index contributed by atoms with van der Waals surface area (Å²) in [5.74, 6) is -0.302. The van der Waals surface area contributed by atoms with Crippen molar-refractivity contribution in [1.29, 1.82) is 0 Å². The summed E-state index contributed by atoms with van der Waals surface area (Å²) in [6, 6.07) is 7.43. The van der Waals surface area contributed by atoms with Crippen LogP contribution < -0.4 is 10.2 Å². The highest BCUT2D eigenvalue weighted by Crippen LogP contribution is 2.18. The third kappa shape index (κ3) is 5.40. The zero-order chi connectivity index (χ0) is 20.0. The van der Waals surface area contributed by atoms with Crippen molar-refractivity contribution in [2.45, 2.75) is 20.8 Å². The van der Waals surface area contributed by atoms with Gasteiger partial charge in [0, 0.05) is 25.8 Å². The Morgan fingerprint density at radius 3 is 2.37 bits per heavy atom. The fraction of sp³-hybridized carbons (Fsp3) is 0.368. The van der Waals surface area contributed by atoms with Gasteiger partial charge >= 0.3 is 0 Å². The fourth-order valence-electron chi connectivity index (χ4n) is 2.47. The number of hydrogen-bond acceptors (Lipinski definition) is 5. The summed E-state index contributed by atoms with van der Waals surface area (Å²) in [7, 11) is 1.53. The SMILES string of the molecule is CCN(CC)c1ncc(Cl)c(C(=O)N(C)CC(=O)Nc2ccc(C)cc2)n1. The molecule has 0 radical (unpaired) electrons. The van der Waals surface area contributed by atoms with Crippen LogP contribution in [0, 0.1) is 6.92 Å². The van der Waals surface area contributed by atoms with Crippen LogP contribution in [0.15, 0.2) is 30.5 Å². The van der Waals surface area contributed by atoms with E-state index < -0.39 is 5.91 Å². The predicted octanol–water partition coefficient (Wildman–Crippen LogP) is 3.00. The topological polar surface area (TPSA) is 78.4 Å². The van der Waals surface area contributed by atoms with E-state index in [-0.39, 0.29) is 23.2 Å². The Morgan fingerprint density at radius 2 is 1.78 bits per heavy atom. The second kappa shape index (κ2) is 9.32. The molecule has 0 spiro atoms. The van der Waals surface area contributed by atoms with E-state index in [0.29, 0.717) is 24.7 Å². The number of carbonyl (C=O) groups is 2. The molecule has 0 saturated carbocycles. The zero-order valence-electron chi connectivity index (χ0n) is 16.0. The molecule has 0 unspecified atom stereocenters. The highest BCUT2D eigenvalue weighted by atomic mass is 35.5. The maximum absolute atomic E-state index is 12.7. The number of nitrogens with zero attached hydrogens (tertiary/aromatic N) is 4. The van der Waals surface area contributed by atoms with Crippen LogP contribution in [0.5, 0.6) is 0 Å². The average molecular weight is 390 g/mol. The maximum atomic E-state index is 12.7. The number of carbonyl (C=O) groups excluding carboxylic acids is 2. The summed E-state index contributed by atoms with van der Waals surface area (Å²) in [5.41, 5.74) is 1.86. The second-order valence-electron chi connectivity index (χ2n) is 6.11. The number of amides is 2. The van der Waals surface area contributed by atoms with Crippen molar-refractivity contribution in [2.24, 2.45) is 0 Å². The van der Waals surface area contributed by atoms with Gasteiger partial charge < -0.3 is 15.1 Å². The zero-order valence-corrected chi connectivity index (χ0v) is 16.7. The van der Waals surface area contributed by atoms with E-state index in [1.54, 1.807) is 0 Å². The Hall–Kier alpha value is -2.67. The molecule has 0 atom stereocenters. The molecule has 0 fully saturated rings. The molecule has 144 valence electrons. The number of hydrogen-bond donors (Lipinski definition) is 1. The molecule has 1 aromatic carbocycles. The van der Waals surface area contributed by atoms with Gasteiger partial charge in [0.15, 0.2) is 5.69 Å². The Labute approximate surface area is 164 Å². The summed E-state index contributed by atoms with van der Waals surface area (Å²) in [5, 5.41) is 2.92. The molecule has 2 aromatic rings. The average Bonchev–Trinajstić information content (AvgIpc) is 2.65. The molecule has 2 rings (SSSR count). The molecular weight excluding hydrogens is 366 g/mol. The van der Waals surface area contributed by atoms with Crippen molar-refractivity contribution in [1.82, 2.24) is 14.9 Å². The van der Waals surface area contributed by atoms with Crippen LogP contribution in [0.2, 0.25) is 5.02 Å². The molecule has 0 aliphatic carbocycles. The van der Waals surface area contributed by atoms with E-state index in [4.69, 9.17) is 11.6 Å². The van der Waals surface area contributed by atoms with Crippen molar-refractivity contribution in [3.05, 3.63) is 46.7 Å². The molecule has 8 heteroatoms. The normalized spacial score (nSPS) is 10.4. The van der Waals surface area contributed by atoms with Gasteiger partial charge in [0.05, 0.1) is 17.8 Å². The third-order valence-electron chi connectivity index (χ3n) is 4.04. The van der Waals surface area contributed by atoms with E-state index in [0.717, 1.165) is 5.56 Å². The molecular formula is C19H24ClN5O2. The lowest BCUT2D eigenvalue weighted by molar-refractivity contribution is -0.116. The minimum Gasteiger partial charge on any atom is -0.341 e. The van der Waals surface area contributed by atoms with Crippen LogP contribution in [0.25, 0.3) is 0 Å². The minimum atomic E-state index is -0.435. The van der Waals surface area contributed by atoms with Gasteiger partial charge in [0.1, 0.15) is 0 Å². The van der Waals surface area contributed by atoms with Crippen LogP contribution in [-0.4, -0.2) is 53.4 Å². The number of aromatic nitrogens is 2. The minimum absolute atomic E-state index is 0.0826. The van der Waals surface area contributed by atoms with Crippen LogP contribution >= 0.6 is 11.6 Å². The molecule has 7 nitrogen and oxygen atoms in total. The standard InChI is InChI=1S/C19H24ClN5O2/c1-5-25(6-2)19-21-11-15(20)17(23-19)18(27)24(4)12-16(26)22-14-9-7-13(3)8-10-14/h7-11H,5-6,12H2,1-4H3,(H,22,26). The number of likely N-dealkylation sites (N-methyl/N-ethyl adjacent to an activating group) is 1. The van der Waals surface area contributed by atoms with Crippen LogP contribution in [0.1, 0.15) is 29.9 Å². The molecule has 1 aromatic heterocycles. The maximum Gasteiger partial charge on any atom is 0.274 e. The largest absolute Gasteiger partial charge is 0.341 e. The summed E-state index contributed by atoms with van der Waals surface area (Å²) in [6.45, 7) is 7.22. The number of halogens is 1. The molecule has 2 amide bonds. The molecule has 1 heterocycles. The van der Waals surface area contributed by atoms with Crippen molar-refractivity contribution in [2.75, 3.05) is 36.9 Å². The van der Waals surface area contributed by atoms with Gasteiger partial charge in [0.2, 0.25) is 11.9 Å². The summed E-state index contributed by atoms with van der Waals surface area (Å²) in [6.07, 6.45) is 1.41. The number of nitrogens with one attached hydrogen (secondary N) is 1. The molecule has 0 aliphatic heterocycles. The van der Waals surface area contributed by atoms with Gasteiger partial charge in [-0.2, -0.15) is 0 Å². The Morgan fingerprint density at radius 1 is 1.15 bits per heavy atom. The predicted molar refractivity (Wildman–Crippen MR) is 107 cm³/mol. The van der Waals surface area contributed by atoms with E-state index in [9.17, 15) is 9.59 Å². The molecule has 27 heavy (non-hydrogen) atoms. The molecule has 1 N–H and O–H groups in total. The van der Waals surface area contributed by atoms with Gasteiger partial charge in [-0.1, -0.05) is 29.3 Å². The lowest BCUT2D eigenvalue weighted by Crippen LogP contribution is -2.36. The number of benzene rings is 1. The summed E-state index contributed by atoms with van der Waals surface area (Å²) >= 11 is 6.12. The Bertz CT molecular complexity index is 806. The van der Waals surface area contributed by atoms with Gasteiger partial charge in [0.25, 0.3) is 5.91 Å². The van der Waals surface area contributed by atoms with Gasteiger partial charge in [-0.05, 0) is 32.9 Å². The molecule has 0 aliphatic rings. The van der Waals surface area contributed by atoms with Crippen molar-refractivity contribution < 1.29 is 9.59 Å². The van der Waals surface area contributed by atoms with Crippen LogP contribution in [0.4, 0.5) is 11.6 Å². The first-order chi connectivity index (χ1) is 12.8. The van der Waals surface area contributed by atoms with Gasteiger partial charge in [-0.15, -0.1) is 0 Å². The third-order valence-corrected chi connectivity index (χ3v) is 4.32. The van der Waals surface area contributed by atoms with Crippen molar-refractivity contribution in [3.63, 3.8) is 0 Å². The van der Waals surface area contributed by atoms with E-state index in [1.807, 2.05) is 49.9 Å². The van der Waals surface area contributed by atoms with E-state index in [2.05, 4.69) is 15.3 Å². The quantitative estimate of drug-likeness (QED) is 0.787. The first-order valence-electron chi connectivity index (χ1n) is 8.75. The van der Waals surface area contributed by atoms with Gasteiger partial charge in [-0.25, -0.2) is 9.97 Å². The number of anilines is 2. The number of aryl methyl sites for hydroxylation is 1. The van der Waals surface area contributed by atoms with E-state index >= 15 is 0 Å². The fourth-order valence-corrected chi connectivity index (χ4v) is 2.64. The van der Waals surface area contributed by atoms with Crippen LogP contribution in [-0.2, 0) is 4.79 Å². The highest BCUT2D eigenvalue weighted by Gasteiger charge is 2.21. The Balaban J connectivity index is 2.08. The lowest BCUT2D eigenvalue weighted by atomic mass is 10.2. The first-order valence-corrected chi connectivity index (χ1v) is 9.13. The second-order valence-corrected chi connectivity index (χ2v) is 6.52. The van der Waals surface area contributed by atoms with Crippen molar-refractivity contribution >= 4 is 35.1 Å². The summed E-state index contributed by atoms with van der Waals surface area (Å²) < 4.78 is 0. The lowest BCUT2D eigenvalue weighted by Gasteiger charge is -2.21. The molecule has 0 bridgehead atoms. The smallest absolute Gasteiger partial charge is 0.274 e. The van der Waals surface area contributed by atoms with E-state index in [1.165, 1.54) is 18.1 Å². The number of rotatable bonds is 7.